The summed E-state index contributed by atoms with van der Waals surface area (Å²) in [6, 6.07) is 10.2. The third-order valence-electron chi connectivity index (χ3n) is 3.00. The maximum absolute atomic E-state index is 12.0. The highest BCUT2D eigenvalue weighted by atomic mass is 16.6. The van der Waals surface area contributed by atoms with Gasteiger partial charge in [-0.25, -0.2) is 0 Å². The van der Waals surface area contributed by atoms with Crippen LogP contribution in [0.1, 0.15) is 15.9 Å². The smallest absolute Gasteiger partial charge is 0.269 e. The molecule has 1 N–H and O–H groups in total. The van der Waals surface area contributed by atoms with Gasteiger partial charge in [-0.1, -0.05) is 6.08 Å². The summed E-state index contributed by atoms with van der Waals surface area (Å²) in [7, 11) is 1.40. The Labute approximate surface area is 126 Å². The van der Waals surface area contributed by atoms with Gasteiger partial charge >= 0.3 is 0 Å². The number of ketones is 1. The first-order valence-electron chi connectivity index (χ1n) is 6.35. The molecule has 2 aromatic rings. The molecule has 0 saturated carbocycles. The van der Waals surface area contributed by atoms with Crippen LogP contribution in [-0.4, -0.2) is 22.9 Å². The Morgan fingerprint density at radius 1 is 1.23 bits per heavy atom. The first kappa shape index (κ1) is 15.2. The van der Waals surface area contributed by atoms with E-state index in [-0.39, 0.29) is 23.0 Å². The van der Waals surface area contributed by atoms with Gasteiger partial charge in [0.15, 0.2) is 17.3 Å². The summed E-state index contributed by atoms with van der Waals surface area (Å²) in [5.41, 5.74) is 1.03. The fourth-order valence-electron chi connectivity index (χ4n) is 1.81. The summed E-state index contributed by atoms with van der Waals surface area (Å²) >= 11 is 0. The molecule has 2 aromatic carbocycles. The number of phenolic OH excluding ortho intramolecular Hbond substituents is 1. The van der Waals surface area contributed by atoms with Crippen LogP contribution >= 0.6 is 0 Å². The van der Waals surface area contributed by atoms with Gasteiger partial charge < -0.3 is 9.84 Å². The highest BCUT2D eigenvalue weighted by Gasteiger charge is 2.07. The van der Waals surface area contributed by atoms with Crippen LogP contribution in [0.25, 0.3) is 6.08 Å². The van der Waals surface area contributed by atoms with Crippen LogP contribution < -0.4 is 4.74 Å². The summed E-state index contributed by atoms with van der Waals surface area (Å²) in [6.45, 7) is 0. The number of rotatable bonds is 5. The van der Waals surface area contributed by atoms with Crippen LogP contribution in [0.4, 0.5) is 5.69 Å². The van der Waals surface area contributed by atoms with E-state index >= 15 is 0 Å². The number of carbonyl (C=O) groups is 1. The predicted molar refractivity (Wildman–Crippen MR) is 81.1 cm³/mol. The lowest BCUT2D eigenvalue weighted by molar-refractivity contribution is -0.384. The van der Waals surface area contributed by atoms with Gasteiger partial charge in [-0.3, -0.25) is 14.9 Å². The second-order valence-corrected chi connectivity index (χ2v) is 4.43. The Hall–Kier alpha value is -3.15. The summed E-state index contributed by atoms with van der Waals surface area (Å²) < 4.78 is 4.94. The maximum atomic E-state index is 12.0. The van der Waals surface area contributed by atoms with Crippen molar-refractivity contribution in [3.8, 4) is 11.5 Å². The molecule has 0 amide bonds. The Morgan fingerprint density at radius 2 is 1.91 bits per heavy atom. The van der Waals surface area contributed by atoms with Crippen molar-refractivity contribution in [2.24, 2.45) is 0 Å². The largest absolute Gasteiger partial charge is 0.504 e. The summed E-state index contributed by atoms with van der Waals surface area (Å²) in [6.07, 6.45) is 2.92. The van der Waals surface area contributed by atoms with Crippen molar-refractivity contribution in [3.05, 3.63) is 69.8 Å². The average molecular weight is 299 g/mol. The van der Waals surface area contributed by atoms with E-state index in [0.717, 1.165) is 0 Å². The van der Waals surface area contributed by atoms with Gasteiger partial charge in [0, 0.05) is 17.7 Å². The Kier molecular flexibility index (Phi) is 4.53. The minimum atomic E-state index is -0.485. The van der Waals surface area contributed by atoms with Crippen molar-refractivity contribution in [1.82, 2.24) is 0 Å². The molecule has 0 aliphatic carbocycles. The molecule has 0 radical (unpaired) electrons. The molecule has 2 rings (SSSR count). The zero-order valence-corrected chi connectivity index (χ0v) is 11.7. The monoisotopic (exact) mass is 299 g/mol. The van der Waals surface area contributed by atoms with Gasteiger partial charge in [0.2, 0.25) is 0 Å². The average Bonchev–Trinajstić information content (AvgIpc) is 2.53. The van der Waals surface area contributed by atoms with Gasteiger partial charge in [-0.05, 0) is 42.0 Å². The van der Waals surface area contributed by atoms with E-state index in [9.17, 15) is 20.0 Å². The number of nitro groups is 1. The molecule has 0 bridgehead atoms. The van der Waals surface area contributed by atoms with Crippen molar-refractivity contribution in [3.63, 3.8) is 0 Å². The molecule has 6 nitrogen and oxygen atoms in total. The number of nitro benzene ring substituents is 1. The number of carbonyl (C=O) groups excluding carboxylic acids is 1. The van der Waals surface area contributed by atoms with E-state index in [1.807, 2.05) is 0 Å². The third-order valence-corrected chi connectivity index (χ3v) is 3.00. The van der Waals surface area contributed by atoms with E-state index in [2.05, 4.69) is 0 Å². The van der Waals surface area contributed by atoms with Crippen molar-refractivity contribution < 1.29 is 19.6 Å². The van der Waals surface area contributed by atoms with E-state index in [0.29, 0.717) is 11.1 Å². The molecule has 0 heterocycles. The van der Waals surface area contributed by atoms with Crippen LogP contribution in [0.2, 0.25) is 0 Å². The first-order chi connectivity index (χ1) is 10.5. The molecule has 22 heavy (non-hydrogen) atoms. The van der Waals surface area contributed by atoms with Crippen molar-refractivity contribution >= 4 is 17.5 Å². The molecular weight excluding hydrogens is 286 g/mol. The molecule has 0 aliphatic rings. The van der Waals surface area contributed by atoms with Crippen LogP contribution in [-0.2, 0) is 0 Å². The number of hydrogen-bond acceptors (Lipinski definition) is 5. The summed E-state index contributed by atoms with van der Waals surface area (Å²) in [4.78, 5) is 22.1. The third kappa shape index (κ3) is 3.49. The van der Waals surface area contributed by atoms with Gasteiger partial charge in [0.25, 0.3) is 5.69 Å². The van der Waals surface area contributed by atoms with Crippen molar-refractivity contribution in [2.75, 3.05) is 7.11 Å². The lowest BCUT2D eigenvalue weighted by Crippen LogP contribution is -1.95. The molecular formula is C16H13NO5. The van der Waals surface area contributed by atoms with Gasteiger partial charge in [-0.15, -0.1) is 0 Å². The fourth-order valence-corrected chi connectivity index (χ4v) is 1.81. The van der Waals surface area contributed by atoms with Gasteiger partial charge in [-0.2, -0.15) is 0 Å². The Morgan fingerprint density at radius 3 is 2.50 bits per heavy atom. The van der Waals surface area contributed by atoms with Gasteiger partial charge in [0.05, 0.1) is 12.0 Å². The van der Waals surface area contributed by atoms with Gasteiger partial charge in [0.1, 0.15) is 0 Å². The lowest BCUT2D eigenvalue weighted by atomic mass is 10.1. The van der Waals surface area contributed by atoms with Crippen LogP contribution in [0.15, 0.2) is 48.5 Å². The number of aromatic hydroxyl groups is 1. The lowest BCUT2D eigenvalue weighted by Gasteiger charge is -2.04. The first-order valence-corrected chi connectivity index (χ1v) is 6.35. The highest BCUT2D eigenvalue weighted by molar-refractivity contribution is 6.07. The highest BCUT2D eigenvalue weighted by Crippen LogP contribution is 2.26. The molecule has 0 unspecified atom stereocenters. The minimum absolute atomic E-state index is 0.00764. The molecule has 0 aromatic heterocycles. The standard InChI is InChI=1S/C16H13NO5/c1-22-16-10-12(5-9-15(16)19)14(18)8-4-11-2-6-13(7-3-11)17(20)21/h2-10,19H,1H3. The molecule has 0 spiro atoms. The number of ether oxygens (including phenoxy) is 1. The summed E-state index contributed by atoms with van der Waals surface area (Å²) in [5.74, 6) is -0.0929. The zero-order chi connectivity index (χ0) is 16.1. The zero-order valence-electron chi connectivity index (χ0n) is 11.7. The number of allylic oxidation sites excluding steroid dienone is 1. The van der Waals surface area contributed by atoms with Crippen molar-refractivity contribution in [2.45, 2.75) is 0 Å². The number of benzene rings is 2. The van der Waals surface area contributed by atoms with E-state index < -0.39 is 4.92 Å². The molecule has 0 fully saturated rings. The number of methoxy groups -OCH3 is 1. The van der Waals surface area contributed by atoms with E-state index in [1.165, 1.54) is 43.5 Å². The molecule has 0 aliphatic heterocycles. The number of phenols is 1. The quantitative estimate of drug-likeness (QED) is 0.396. The topological polar surface area (TPSA) is 89.7 Å². The minimum Gasteiger partial charge on any atom is -0.504 e. The van der Waals surface area contributed by atoms with E-state index in [1.54, 1.807) is 18.2 Å². The fraction of sp³-hybridized carbons (Fsp3) is 0.0625. The number of non-ortho nitro benzene ring substituents is 1. The summed E-state index contributed by atoms with van der Waals surface area (Å²) in [5, 5.41) is 20.0. The molecule has 0 saturated heterocycles. The predicted octanol–water partition coefficient (Wildman–Crippen LogP) is 3.21. The normalized spacial score (nSPS) is 10.6. The maximum Gasteiger partial charge on any atom is 0.269 e. The van der Waals surface area contributed by atoms with Crippen LogP contribution in [0.5, 0.6) is 11.5 Å². The number of hydrogen-bond donors (Lipinski definition) is 1. The Bertz CT molecular complexity index is 735. The van der Waals surface area contributed by atoms with Crippen LogP contribution in [0, 0.1) is 10.1 Å². The second kappa shape index (κ2) is 6.53. The number of nitrogens with zero attached hydrogens (tertiary/aromatic N) is 1. The Balaban J connectivity index is 2.15. The van der Waals surface area contributed by atoms with Crippen molar-refractivity contribution in [1.29, 1.82) is 0 Å². The SMILES string of the molecule is COc1cc(C(=O)C=Cc2ccc([N+](=O)[O-])cc2)ccc1O. The molecule has 112 valence electrons. The molecule has 6 heteroatoms. The van der Waals surface area contributed by atoms with E-state index in [4.69, 9.17) is 4.74 Å². The second-order valence-electron chi connectivity index (χ2n) is 4.43. The molecule has 0 atom stereocenters. The van der Waals surface area contributed by atoms with Crippen LogP contribution in [0.3, 0.4) is 0 Å².